The lowest BCUT2D eigenvalue weighted by atomic mass is 10.3. The Bertz CT molecular complexity index is 587. The predicted molar refractivity (Wildman–Crippen MR) is 63.6 cm³/mol. The largest absolute Gasteiger partial charge is 0.286 e. The van der Waals surface area contributed by atoms with Gasteiger partial charge in [-0.05, 0) is 36.4 Å². The Kier molecular flexibility index (Phi) is 3.57. The molecule has 3 nitrogen and oxygen atoms in total. The minimum absolute atomic E-state index is 0.302. The zero-order valence-electron chi connectivity index (χ0n) is 8.97. The van der Waals surface area contributed by atoms with E-state index >= 15 is 0 Å². The fourth-order valence-electron chi connectivity index (χ4n) is 1.35. The predicted octanol–water partition coefficient (Wildman–Crippen LogP) is 4.02. The molecule has 6 heteroatoms. The summed E-state index contributed by atoms with van der Waals surface area (Å²) in [7, 11) is 0. The number of nitrogens with zero attached hydrogens (tertiary/aromatic N) is 1. The van der Waals surface area contributed by atoms with Crippen LogP contribution in [0.25, 0.3) is 0 Å². The van der Waals surface area contributed by atoms with Gasteiger partial charge in [-0.1, -0.05) is 11.8 Å². The Morgan fingerprint density at radius 1 is 1.00 bits per heavy atom. The minimum Gasteiger partial charge on any atom is -0.258 e. The molecular weight excluding hydrogens is 260 g/mol. The molecule has 0 bridgehead atoms. The number of hydrogen-bond acceptors (Lipinski definition) is 3. The van der Waals surface area contributed by atoms with E-state index in [1.807, 2.05) is 0 Å². The maximum atomic E-state index is 12.9. The summed E-state index contributed by atoms with van der Waals surface area (Å²) in [6.07, 6.45) is 0. The van der Waals surface area contributed by atoms with E-state index in [9.17, 15) is 18.9 Å². The number of benzene rings is 2. The van der Waals surface area contributed by atoms with Gasteiger partial charge in [-0.15, -0.1) is 0 Å². The third-order valence-electron chi connectivity index (χ3n) is 2.16. The van der Waals surface area contributed by atoms with Crippen molar-refractivity contribution < 1.29 is 13.7 Å². The van der Waals surface area contributed by atoms with Gasteiger partial charge in [0.25, 0.3) is 5.69 Å². The summed E-state index contributed by atoms with van der Waals surface area (Å²) in [5.41, 5.74) is -0.302. The van der Waals surface area contributed by atoms with Crippen molar-refractivity contribution in [2.75, 3.05) is 0 Å². The molecule has 0 amide bonds. The summed E-state index contributed by atoms with van der Waals surface area (Å²) in [5, 5.41) is 10.8. The normalized spacial score (nSPS) is 10.3. The Labute approximate surface area is 106 Å². The topological polar surface area (TPSA) is 43.1 Å². The lowest BCUT2D eigenvalue weighted by Gasteiger charge is -2.03. The van der Waals surface area contributed by atoms with Crippen LogP contribution in [0.1, 0.15) is 0 Å². The van der Waals surface area contributed by atoms with Crippen LogP contribution in [0.5, 0.6) is 0 Å². The van der Waals surface area contributed by atoms with Gasteiger partial charge in [-0.25, -0.2) is 8.78 Å². The summed E-state index contributed by atoms with van der Waals surface area (Å²) in [6.45, 7) is 0. The van der Waals surface area contributed by atoms with Gasteiger partial charge in [0.2, 0.25) is 0 Å². The first-order valence-corrected chi connectivity index (χ1v) is 5.75. The van der Waals surface area contributed by atoms with Crippen LogP contribution in [0.2, 0.25) is 0 Å². The molecule has 0 aliphatic heterocycles. The van der Waals surface area contributed by atoms with E-state index < -0.39 is 10.7 Å². The first kappa shape index (κ1) is 12.5. The highest BCUT2D eigenvalue weighted by Crippen LogP contribution is 2.35. The molecule has 0 aliphatic rings. The number of hydrogen-bond donors (Lipinski definition) is 0. The monoisotopic (exact) mass is 267 g/mol. The molecule has 0 spiro atoms. The highest BCUT2D eigenvalue weighted by Gasteiger charge is 2.15. The molecule has 2 aromatic rings. The maximum Gasteiger partial charge on any atom is 0.286 e. The molecule has 92 valence electrons. The van der Waals surface area contributed by atoms with E-state index in [1.165, 1.54) is 30.3 Å². The molecule has 0 heterocycles. The Morgan fingerprint density at radius 3 is 2.22 bits per heavy atom. The quantitative estimate of drug-likeness (QED) is 0.623. The number of halogens is 2. The van der Waals surface area contributed by atoms with Gasteiger partial charge in [-0.2, -0.15) is 0 Å². The van der Waals surface area contributed by atoms with E-state index in [0.29, 0.717) is 9.79 Å². The van der Waals surface area contributed by atoms with Crippen LogP contribution in [0, 0.1) is 21.7 Å². The van der Waals surface area contributed by atoms with Crippen LogP contribution < -0.4 is 0 Å². The van der Waals surface area contributed by atoms with Crippen LogP contribution >= 0.6 is 11.8 Å². The molecule has 2 rings (SSSR count). The van der Waals surface area contributed by atoms with Crippen molar-refractivity contribution in [2.45, 2.75) is 9.79 Å². The van der Waals surface area contributed by atoms with E-state index in [-0.39, 0.29) is 11.5 Å². The maximum absolute atomic E-state index is 12.9. The van der Waals surface area contributed by atoms with Crippen molar-refractivity contribution in [3.05, 3.63) is 64.2 Å². The SMILES string of the molecule is O=[N+]([O-])c1cc(F)ccc1Sc1ccc(F)cc1. The fraction of sp³-hybridized carbons (Fsp3) is 0. The summed E-state index contributed by atoms with van der Waals surface area (Å²) < 4.78 is 25.7. The van der Waals surface area contributed by atoms with Crippen molar-refractivity contribution in [1.82, 2.24) is 0 Å². The summed E-state index contributed by atoms with van der Waals surface area (Å²) in [5.74, 6) is -1.04. The lowest BCUT2D eigenvalue weighted by Crippen LogP contribution is -1.91. The number of nitro groups is 1. The molecule has 0 N–H and O–H groups in total. The van der Waals surface area contributed by atoms with Gasteiger partial charge in [0.15, 0.2) is 0 Å². The number of nitro benzene ring substituents is 1. The van der Waals surface area contributed by atoms with Crippen LogP contribution in [-0.2, 0) is 0 Å². The number of rotatable bonds is 3. The van der Waals surface area contributed by atoms with Crippen LogP contribution in [0.15, 0.2) is 52.3 Å². The average Bonchev–Trinajstić information content (AvgIpc) is 2.34. The van der Waals surface area contributed by atoms with Gasteiger partial charge >= 0.3 is 0 Å². The average molecular weight is 267 g/mol. The third kappa shape index (κ3) is 2.84. The molecule has 0 saturated carbocycles. The van der Waals surface area contributed by atoms with Crippen molar-refractivity contribution in [2.24, 2.45) is 0 Å². The van der Waals surface area contributed by atoms with Crippen molar-refractivity contribution in [3.63, 3.8) is 0 Å². The summed E-state index contributed by atoms with van der Waals surface area (Å²) >= 11 is 1.08. The molecule has 0 saturated heterocycles. The van der Waals surface area contributed by atoms with E-state index in [2.05, 4.69) is 0 Å². The first-order chi connectivity index (χ1) is 8.56. The fourth-order valence-corrected chi connectivity index (χ4v) is 2.25. The lowest BCUT2D eigenvalue weighted by molar-refractivity contribution is -0.387. The zero-order chi connectivity index (χ0) is 13.1. The van der Waals surface area contributed by atoms with Gasteiger partial charge in [0.05, 0.1) is 15.9 Å². The first-order valence-electron chi connectivity index (χ1n) is 4.93. The molecule has 0 unspecified atom stereocenters. The van der Waals surface area contributed by atoms with Crippen LogP contribution in [0.4, 0.5) is 14.5 Å². The second-order valence-electron chi connectivity index (χ2n) is 3.43. The van der Waals surface area contributed by atoms with Crippen molar-refractivity contribution in [3.8, 4) is 0 Å². The molecule has 18 heavy (non-hydrogen) atoms. The summed E-state index contributed by atoms with van der Waals surface area (Å²) in [6, 6.07) is 8.89. The van der Waals surface area contributed by atoms with Gasteiger partial charge in [-0.3, -0.25) is 10.1 Å². The Hall–Kier alpha value is -1.95. The molecular formula is C12H7F2NO2S. The van der Waals surface area contributed by atoms with Gasteiger partial charge in [0, 0.05) is 4.90 Å². The molecule has 2 aromatic carbocycles. The molecule has 0 fully saturated rings. The molecule has 0 radical (unpaired) electrons. The molecule has 0 aromatic heterocycles. The Morgan fingerprint density at radius 2 is 1.61 bits per heavy atom. The van der Waals surface area contributed by atoms with E-state index in [4.69, 9.17) is 0 Å². The highest BCUT2D eigenvalue weighted by molar-refractivity contribution is 7.99. The third-order valence-corrected chi connectivity index (χ3v) is 3.23. The van der Waals surface area contributed by atoms with Crippen molar-refractivity contribution in [1.29, 1.82) is 0 Å². The van der Waals surface area contributed by atoms with Crippen LogP contribution in [0.3, 0.4) is 0 Å². The summed E-state index contributed by atoms with van der Waals surface area (Å²) in [4.78, 5) is 11.1. The second-order valence-corrected chi connectivity index (χ2v) is 4.54. The molecule has 0 atom stereocenters. The van der Waals surface area contributed by atoms with Gasteiger partial charge < -0.3 is 0 Å². The molecule has 0 aliphatic carbocycles. The standard InChI is InChI=1S/C12H7F2NO2S/c13-8-1-4-10(5-2-8)18-12-6-3-9(14)7-11(12)15(16)17/h1-7H. The van der Waals surface area contributed by atoms with E-state index in [1.54, 1.807) is 0 Å². The highest BCUT2D eigenvalue weighted by atomic mass is 32.2. The van der Waals surface area contributed by atoms with Gasteiger partial charge in [0.1, 0.15) is 11.6 Å². The zero-order valence-corrected chi connectivity index (χ0v) is 9.79. The smallest absolute Gasteiger partial charge is 0.258 e. The van der Waals surface area contributed by atoms with Crippen molar-refractivity contribution >= 4 is 17.4 Å². The second kappa shape index (κ2) is 5.14. The Balaban J connectivity index is 2.34. The van der Waals surface area contributed by atoms with E-state index in [0.717, 1.165) is 23.9 Å². The minimum atomic E-state index is -0.662. The van der Waals surface area contributed by atoms with Crippen LogP contribution in [-0.4, -0.2) is 4.92 Å².